The molecule has 66 valence electrons. The predicted octanol–water partition coefficient (Wildman–Crippen LogP) is -0.946. The van der Waals surface area contributed by atoms with E-state index < -0.39 is 23.9 Å². The first-order valence-corrected chi connectivity index (χ1v) is 3.85. The van der Waals surface area contributed by atoms with Crippen LogP contribution in [0.1, 0.15) is 6.42 Å². The SMILES string of the molecule is OC[C@H]1O[C@H](Cl)C[C@@H](O)[C@@H]1O. The van der Waals surface area contributed by atoms with Crippen molar-refractivity contribution in [2.45, 2.75) is 30.3 Å². The van der Waals surface area contributed by atoms with Crippen molar-refractivity contribution < 1.29 is 20.1 Å². The number of aliphatic hydroxyl groups is 3. The number of halogens is 1. The zero-order valence-corrected chi connectivity index (χ0v) is 6.61. The number of aliphatic hydroxyl groups excluding tert-OH is 3. The molecule has 4 atom stereocenters. The second-order valence-corrected chi connectivity index (χ2v) is 3.05. The highest BCUT2D eigenvalue weighted by Gasteiger charge is 2.35. The monoisotopic (exact) mass is 182 g/mol. The van der Waals surface area contributed by atoms with Gasteiger partial charge in [-0.2, -0.15) is 0 Å². The average molecular weight is 183 g/mol. The van der Waals surface area contributed by atoms with E-state index in [1.54, 1.807) is 0 Å². The number of hydrogen-bond acceptors (Lipinski definition) is 4. The summed E-state index contributed by atoms with van der Waals surface area (Å²) in [6.07, 6.45) is -2.50. The molecule has 0 aromatic heterocycles. The fourth-order valence-electron chi connectivity index (χ4n) is 1.05. The Morgan fingerprint density at radius 3 is 2.64 bits per heavy atom. The van der Waals surface area contributed by atoms with Crippen LogP contribution >= 0.6 is 11.6 Å². The standard InChI is InChI=1S/C6H11ClO4/c7-5-1-3(9)6(10)4(2-8)11-5/h3-6,8-10H,1-2H2/t3-,4-,5+,6+/m1/s1. The first kappa shape index (κ1) is 9.22. The largest absolute Gasteiger partial charge is 0.394 e. The molecule has 1 fully saturated rings. The highest BCUT2D eigenvalue weighted by atomic mass is 35.5. The molecule has 5 heteroatoms. The van der Waals surface area contributed by atoms with E-state index in [0.717, 1.165) is 0 Å². The van der Waals surface area contributed by atoms with E-state index in [1.807, 2.05) is 0 Å². The highest BCUT2D eigenvalue weighted by molar-refractivity contribution is 6.19. The second kappa shape index (κ2) is 3.69. The summed E-state index contributed by atoms with van der Waals surface area (Å²) in [5.41, 5.74) is -0.620. The Hall–Kier alpha value is 0.130. The van der Waals surface area contributed by atoms with E-state index in [1.165, 1.54) is 0 Å². The van der Waals surface area contributed by atoms with Gasteiger partial charge >= 0.3 is 0 Å². The van der Waals surface area contributed by atoms with Gasteiger partial charge in [0.05, 0.1) is 12.7 Å². The van der Waals surface area contributed by atoms with Gasteiger partial charge in [0.1, 0.15) is 17.8 Å². The van der Waals surface area contributed by atoms with Crippen LogP contribution in [-0.2, 0) is 4.74 Å². The van der Waals surface area contributed by atoms with Crippen molar-refractivity contribution in [1.29, 1.82) is 0 Å². The lowest BCUT2D eigenvalue weighted by Crippen LogP contribution is -2.48. The van der Waals surface area contributed by atoms with Gasteiger partial charge in [-0.05, 0) is 0 Å². The van der Waals surface area contributed by atoms with Gasteiger partial charge in [0.2, 0.25) is 0 Å². The summed E-state index contributed by atoms with van der Waals surface area (Å²) in [5, 5.41) is 26.9. The molecule has 1 aliphatic rings. The van der Waals surface area contributed by atoms with Crippen LogP contribution in [0.5, 0.6) is 0 Å². The maximum absolute atomic E-state index is 9.16. The number of hydrogen-bond donors (Lipinski definition) is 3. The minimum Gasteiger partial charge on any atom is -0.394 e. The van der Waals surface area contributed by atoms with Crippen molar-refractivity contribution in [3.05, 3.63) is 0 Å². The van der Waals surface area contributed by atoms with Crippen molar-refractivity contribution in [2.75, 3.05) is 6.61 Å². The Morgan fingerprint density at radius 2 is 2.09 bits per heavy atom. The van der Waals surface area contributed by atoms with Gasteiger partial charge in [-0.15, -0.1) is 0 Å². The quantitative estimate of drug-likeness (QED) is 0.458. The van der Waals surface area contributed by atoms with Crippen LogP contribution in [-0.4, -0.2) is 45.8 Å². The van der Waals surface area contributed by atoms with Crippen molar-refractivity contribution >= 4 is 11.6 Å². The van der Waals surface area contributed by atoms with Gasteiger partial charge in [0.25, 0.3) is 0 Å². The first-order chi connectivity index (χ1) is 5.15. The third kappa shape index (κ3) is 2.04. The van der Waals surface area contributed by atoms with E-state index in [0.29, 0.717) is 0 Å². The molecule has 1 saturated heterocycles. The molecule has 1 heterocycles. The van der Waals surface area contributed by atoms with E-state index in [-0.39, 0.29) is 13.0 Å². The predicted molar refractivity (Wildman–Crippen MR) is 38.2 cm³/mol. The number of rotatable bonds is 1. The first-order valence-electron chi connectivity index (χ1n) is 3.41. The molecule has 1 rings (SSSR count). The van der Waals surface area contributed by atoms with Crippen molar-refractivity contribution in [3.8, 4) is 0 Å². The third-order valence-corrected chi connectivity index (χ3v) is 1.99. The zero-order chi connectivity index (χ0) is 8.43. The maximum atomic E-state index is 9.16. The summed E-state index contributed by atoms with van der Waals surface area (Å²) in [6.45, 7) is -0.332. The molecule has 0 amide bonds. The summed E-state index contributed by atoms with van der Waals surface area (Å²) in [6, 6.07) is 0. The van der Waals surface area contributed by atoms with Crippen LogP contribution in [0.15, 0.2) is 0 Å². The summed E-state index contributed by atoms with van der Waals surface area (Å²) < 4.78 is 4.92. The molecule has 0 bridgehead atoms. The van der Waals surface area contributed by atoms with E-state index in [9.17, 15) is 0 Å². The summed E-state index contributed by atoms with van der Waals surface area (Å²) in [4.78, 5) is 0. The number of alkyl halides is 1. The number of ether oxygens (including phenoxy) is 1. The molecule has 0 aromatic rings. The van der Waals surface area contributed by atoms with Gasteiger partial charge in [-0.25, -0.2) is 0 Å². The molecular weight excluding hydrogens is 172 g/mol. The lowest BCUT2D eigenvalue weighted by Gasteiger charge is -2.33. The highest BCUT2D eigenvalue weighted by Crippen LogP contribution is 2.22. The summed E-state index contributed by atoms with van der Waals surface area (Å²) in [7, 11) is 0. The molecule has 0 radical (unpaired) electrons. The van der Waals surface area contributed by atoms with Gasteiger partial charge < -0.3 is 20.1 Å². The van der Waals surface area contributed by atoms with Crippen LogP contribution in [0.4, 0.5) is 0 Å². The molecule has 4 nitrogen and oxygen atoms in total. The van der Waals surface area contributed by atoms with Crippen LogP contribution in [0, 0.1) is 0 Å². The van der Waals surface area contributed by atoms with Crippen LogP contribution in [0.2, 0.25) is 0 Å². The minimum absolute atomic E-state index is 0.194. The Morgan fingerprint density at radius 1 is 1.45 bits per heavy atom. The van der Waals surface area contributed by atoms with Crippen LogP contribution in [0.3, 0.4) is 0 Å². The molecule has 11 heavy (non-hydrogen) atoms. The molecular formula is C6H11ClO4. The maximum Gasteiger partial charge on any atom is 0.134 e. The van der Waals surface area contributed by atoms with E-state index in [4.69, 9.17) is 31.7 Å². The van der Waals surface area contributed by atoms with Crippen molar-refractivity contribution in [1.82, 2.24) is 0 Å². The van der Waals surface area contributed by atoms with Gasteiger partial charge in [-0.3, -0.25) is 0 Å². The smallest absolute Gasteiger partial charge is 0.134 e. The van der Waals surface area contributed by atoms with Gasteiger partial charge in [0.15, 0.2) is 0 Å². The third-order valence-electron chi connectivity index (χ3n) is 1.70. The average Bonchev–Trinajstić information content (AvgIpc) is 1.96. The Balaban J connectivity index is 2.51. The zero-order valence-electron chi connectivity index (χ0n) is 5.85. The molecule has 1 aliphatic heterocycles. The molecule has 0 aromatic carbocycles. The summed E-state index contributed by atoms with van der Waals surface area (Å²) >= 11 is 5.55. The molecule has 0 spiro atoms. The van der Waals surface area contributed by atoms with E-state index in [2.05, 4.69) is 0 Å². The lowest BCUT2D eigenvalue weighted by molar-refractivity contribution is -0.159. The fraction of sp³-hybridized carbons (Fsp3) is 1.00. The summed E-state index contributed by atoms with van der Waals surface area (Å²) in [5.74, 6) is 0. The molecule has 0 unspecified atom stereocenters. The second-order valence-electron chi connectivity index (χ2n) is 2.56. The topological polar surface area (TPSA) is 69.9 Å². The normalized spacial score (nSPS) is 45.8. The van der Waals surface area contributed by atoms with Crippen molar-refractivity contribution in [2.24, 2.45) is 0 Å². The lowest BCUT2D eigenvalue weighted by atomic mass is 10.0. The van der Waals surface area contributed by atoms with Gasteiger partial charge in [-0.1, -0.05) is 11.6 Å². The Kier molecular flexibility index (Phi) is 3.09. The Bertz CT molecular complexity index is 132. The molecule has 3 N–H and O–H groups in total. The van der Waals surface area contributed by atoms with Crippen LogP contribution in [0.25, 0.3) is 0 Å². The fourth-order valence-corrected chi connectivity index (χ4v) is 1.37. The minimum atomic E-state index is -1.03. The molecule has 0 saturated carbocycles. The molecule has 0 aliphatic carbocycles. The van der Waals surface area contributed by atoms with E-state index >= 15 is 0 Å². The Labute approximate surface area is 69.4 Å². The van der Waals surface area contributed by atoms with Crippen molar-refractivity contribution in [3.63, 3.8) is 0 Å². The van der Waals surface area contributed by atoms with Crippen LogP contribution < -0.4 is 0 Å². The van der Waals surface area contributed by atoms with Gasteiger partial charge in [0, 0.05) is 6.42 Å².